The molecule has 2 heterocycles. The van der Waals surface area contributed by atoms with Gasteiger partial charge in [-0.1, -0.05) is 6.07 Å². The van der Waals surface area contributed by atoms with Crippen molar-refractivity contribution in [1.82, 2.24) is 10.3 Å². The summed E-state index contributed by atoms with van der Waals surface area (Å²) in [5.41, 5.74) is 2.71. The number of ether oxygens (including phenoxy) is 1. The molecule has 1 aromatic heterocycles. The molecule has 1 aliphatic heterocycles. The number of rotatable bonds is 3. The molecule has 21 heavy (non-hydrogen) atoms. The monoisotopic (exact) mass is 282 g/mol. The smallest absolute Gasteiger partial charge is 0.254 e. The van der Waals surface area contributed by atoms with Gasteiger partial charge in [-0.3, -0.25) is 14.6 Å². The second-order valence-electron chi connectivity index (χ2n) is 4.83. The summed E-state index contributed by atoms with van der Waals surface area (Å²) in [7, 11) is 1.55. The van der Waals surface area contributed by atoms with Crippen molar-refractivity contribution in [3.8, 4) is 5.75 Å². The van der Waals surface area contributed by atoms with Crippen molar-refractivity contribution in [3.05, 3.63) is 58.9 Å². The normalized spacial score (nSPS) is 16.0. The molecule has 1 aromatic carbocycles. The van der Waals surface area contributed by atoms with Gasteiger partial charge >= 0.3 is 0 Å². The van der Waals surface area contributed by atoms with Crippen LogP contribution in [0.15, 0.2) is 36.7 Å². The molecule has 0 bridgehead atoms. The standard InChI is InChI=1S/C16H14N2O3/c1-17-16(20)13-6-10(8-19)5-12-14(9-21-15(12)13)11-3-2-4-18-7-11/h2-8,14H,9H2,1H3,(H,17,20). The molecule has 0 saturated carbocycles. The highest BCUT2D eigenvalue weighted by atomic mass is 16.5. The lowest BCUT2D eigenvalue weighted by Crippen LogP contribution is -2.18. The van der Waals surface area contributed by atoms with Crippen LogP contribution < -0.4 is 10.1 Å². The molecule has 0 saturated heterocycles. The van der Waals surface area contributed by atoms with E-state index in [2.05, 4.69) is 10.3 Å². The number of nitrogens with zero attached hydrogens (tertiary/aromatic N) is 1. The van der Waals surface area contributed by atoms with Crippen LogP contribution in [0.4, 0.5) is 0 Å². The molecule has 1 atom stereocenters. The van der Waals surface area contributed by atoms with Crippen LogP contribution in [0.1, 0.15) is 37.8 Å². The number of fused-ring (bicyclic) bond motifs is 1. The van der Waals surface area contributed by atoms with Crippen molar-refractivity contribution in [1.29, 1.82) is 0 Å². The Bertz CT molecular complexity index is 698. The topological polar surface area (TPSA) is 68.3 Å². The summed E-state index contributed by atoms with van der Waals surface area (Å²) in [6.07, 6.45) is 4.22. The lowest BCUT2D eigenvalue weighted by Gasteiger charge is -2.10. The molecule has 2 aromatic rings. The second-order valence-corrected chi connectivity index (χ2v) is 4.83. The average molecular weight is 282 g/mol. The van der Waals surface area contributed by atoms with Crippen LogP contribution in [-0.2, 0) is 0 Å². The van der Waals surface area contributed by atoms with Crippen LogP contribution in [0.5, 0.6) is 5.75 Å². The van der Waals surface area contributed by atoms with Crippen LogP contribution >= 0.6 is 0 Å². The number of benzene rings is 1. The van der Waals surface area contributed by atoms with Crippen LogP contribution in [-0.4, -0.2) is 30.8 Å². The van der Waals surface area contributed by atoms with E-state index in [4.69, 9.17) is 4.74 Å². The van der Waals surface area contributed by atoms with Crippen LogP contribution in [0, 0.1) is 0 Å². The molecular weight excluding hydrogens is 268 g/mol. The van der Waals surface area contributed by atoms with Gasteiger partial charge in [-0.25, -0.2) is 0 Å². The molecule has 1 unspecified atom stereocenters. The molecular formula is C16H14N2O3. The van der Waals surface area contributed by atoms with Gasteiger partial charge in [0.25, 0.3) is 5.91 Å². The minimum absolute atomic E-state index is 0.0167. The Morgan fingerprint density at radius 1 is 1.48 bits per heavy atom. The maximum atomic E-state index is 12.0. The Morgan fingerprint density at radius 3 is 3.00 bits per heavy atom. The molecule has 1 amide bonds. The Kier molecular flexibility index (Phi) is 3.39. The number of amides is 1. The highest BCUT2D eigenvalue weighted by Gasteiger charge is 2.30. The van der Waals surface area contributed by atoms with Gasteiger partial charge in [0.2, 0.25) is 0 Å². The van der Waals surface area contributed by atoms with E-state index in [0.717, 1.165) is 17.4 Å². The predicted octanol–water partition coefficient (Wildman–Crippen LogP) is 1.78. The molecule has 0 aliphatic carbocycles. The van der Waals surface area contributed by atoms with Gasteiger partial charge in [-0.2, -0.15) is 0 Å². The van der Waals surface area contributed by atoms with E-state index in [1.54, 1.807) is 31.6 Å². The first-order chi connectivity index (χ1) is 10.2. The zero-order chi connectivity index (χ0) is 14.8. The van der Waals surface area contributed by atoms with E-state index >= 15 is 0 Å². The minimum atomic E-state index is -0.262. The van der Waals surface area contributed by atoms with Crippen molar-refractivity contribution in [2.24, 2.45) is 0 Å². The first-order valence-corrected chi connectivity index (χ1v) is 6.62. The van der Waals surface area contributed by atoms with Crippen molar-refractivity contribution in [3.63, 3.8) is 0 Å². The van der Waals surface area contributed by atoms with E-state index in [9.17, 15) is 9.59 Å². The van der Waals surface area contributed by atoms with Crippen LogP contribution in [0.25, 0.3) is 0 Å². The highest BCUT2D eigenvalue weighted by Crippen LogP contribution is 2.40. The molecule has 0 radical (unpaired) electrons. The number of carbonyl (C=O) groups is 2. The number of hydrogen-bond acceptors (Lipinski definition) is 4. The molecule has 106 valence electrons. The van der Waals surface area contributed by atoms with Crippen LogP contribution in [0.3, 0.4) is 0 Å². The van der Waals surface area contributed by atoms with E-state index in [0.29, 0.717) is 23.5 Å². The quantitative estimate of drug-likeness (QED) is 0.871. The highest BCUT2D eigenvalue weighted by molar-refractivity contribution is 5.99. The third-order valence-electron chi connectivity index (χ3n) is 3.60. The third-order valence-corrected chi connectivity index (χ3v) is 3.60. The van der Waals surface area contributed by atoms with Gasteiger partial charge in [-0.15, -0.1) is 0 Å². The van der Waals surface area contributed by atoms with Gasteiger partial charge in [0.15, 0.2) is 0 Å². The van der Waals surface area contributed by atoms with Gasteiger partial charge in [0.05, 0.1) is 12.2 Å². The summed E-state index contributed by atoms with van der Waals surface area (Å²) in [5, 5.41) is 2.57. The minimum Gasteiger partial charge on any atom is -0.491 e. The Hall–Kier alpha value is -2.69. The summed E-state index contributed by atoms with van der Waals surface area (Å²) in [5.74, 6) is 0.271. The lowest BCUT2D eigenvalue weighted by molar-refractivity contribution is 0.0960. The molecule has 1 aliphatic rings. The number of pyridine rings is 1. The number of nitrogens with one attached hydrogen (secondary N) is 1. The lowest BCUT2D eigenvalue weighted by atomic mass is 9.91. The zero-order valence-electron chi connectivity index (χ0n) is 11.5. The summed E-state index contributed by atoms with van der Waals surface area (Å²) in [4.78, 5) is 27.2. The summed E-state index contributed by atoms with van der Waals surface area (Å²) in [6.45, 7) is 0.438. The fraction of sp³-hybridized carbons (Fsp3) is 0.188. The molecule has 3 rings (SSSR count). The van der Waals surface area contributed by atoms with Crippen molar-refractivity contribution in [2.45, 2.75) is 5.92 Å². The summed E-state index contributed by atoms with van der Waals surface area (Å²) < 4.78 is 5.71. The van der Waals surface area contributed by atoms with Crippen molar-refractivity contribution >= 4 is 12.2 Å². The predicted molar refractivity (Wildman–Crippen MR) is 76.8 cm³/mol. The Morgan fingerprint density at radius 2 is 2.33 bits per heavy atom. The van der Waals surface area contributed by atoms with Gasteiger partial charge < -0.3 is 10.1 Å². The summed E-state index contributed by atoms with van der Waals surface area (Å²) >= 11 is 0. The molecule has 1 N–H and O–H groups in total. The van der Waals surface area contributed by atoms with E-state index in [1.165, 1.54) is 0 Å². The van der Waals surface area contributed by atoms with E-state index in [1.807, 2.05) is 12.1 Å². The van der Waals surface area contributed by atoms with Crippen molar-refractivity contribution in [2.75, 3.05) is 13.7 Å². The molecule has 5 nitrogen and oxygen atoms in total. The summed E-state index contributed by atoms with van der Waals surface area (Å²) in [6, 6.07) is 7.15. The van der Waals surface area contributed by atoms with Crippen molar-refractivity contribution < 1.29 is 14.3 Å². The fourth-order valence-electron chi connectivity index (χ4n) is 2.58. The molecule has 0 fully saturated rings. The maximum absolute atomic E-state index is 12.0. The fourth-order valence-corrected chi connectivity index (χ4v) is 2.58. The first-order valence-electron chi connectivity index (χ1n) is 6.62. The van der Waals surface area contributed by atoms with Gasteiger partial charge in [0.1, 0.15) is 12.0 Å². The van der Waals surface area contributed by atoms with Gasteiger partial charge in [0, 0.05) is 36.5 Å². The number of aromatic nitrogens is 1. The van der Waals surface area contributed by atoms with Crippen LogP contribution in [0.2, 0.25) is 0 Å². The average Bonchev–Trinajstić information content (AvgIpc) is 2.97. The maximum Gasteiger partial charge on any atom is 0.254 e. The number of hydrogen-bond donors (Lipinski definition) is 1. The van der Waals surface area contributed by atoms with Gasteiger partial charge in [-0.05, 0) is 23.8 Å². The SMILES string of the molecule is CNC(=O)c1cc(C=O)cc2c1OCC2c1cccnc1. The van der Waals surface area contributed by atoms with E-state index in [-0.39, 0.29) is 11.8 Å². The Labute approximate surface area is 122 Å². The van der Waals surface area contributed by atoms with E-state index < -0.39 is 0 Å². The Balaban J connectivity index is 2.13. The third kappa shape index (κ3) is 2.27. The zero-order valence-corrected chi connectivity index (χ0v) is 11.5. The largest absolute Gasteiger partial charge is 0.491 e. The molecule has 5 heteroatoms. The second kappa shape index (κ2) is 5.36. The molecule has 0 spiro atoms. The number of carbonyl (C=O) groups excluding carboxylic acids is 2. The first kappa shape index (κ1) is 13.3. The number of aldehydes is 1.